The highest BCUT2D eigenvalue weighted by atomic mass is 14.8. The van der Waals surface area contributed by atoms with E-state index in [1.165, 1.54) is 0 Å². The third-order valence-electron chi connectivity index (χ3n) is 2.85. The highest BCUT2D eigenvalue weighted by Gasteiger charge is 2.25. The van der Waals surface area contributed by atoms with Gasteiger partial charge in [-0.15, -0.1) is 6.58 Å². The molecule has 0 aliphatic heterocycles. The van der Waals surface area contributed by atoms with E-state index in [9.17, 15) is 0 Å². The van der Waals surface area contributed by atoms with Crippen molar-refractivity contribution in [2.75, 3.05) is 0 Å². The molecule has 0 aromatic carbocycles. The first-order valence-corrected chi connectivity index (χ1v) is 5.81. The van der Waals surface area contributed by atoms with Gasteiger partial charge in [0.2, 0.25) is 0 Å². The minimum absolute atomic E-state index is 0.0922. The average molecular weight is 215 g/mol. The maximum absolute atomic E-state index is 5.50. The van der Waals surface area contributed by atoms with Gasteiger partial charge in [-0.25, -0.2) is 0 Å². The van der Waals surface area contributed by atoms with Crippen molar-refractivity contribution in [1.82, 2.24) is 0 Å². The number of aliphatic imine (C=N–C) groups is 1. The second-order valence-corrected chi connectivity index (χ2v) is 4.28. The summed E-state index contributed by atoms with van der Waals surface area (Å²) >= 11 is 0. The summed E-state index contributed by atoms with van der Waals surface area (Å²) in [6, 6.07) is 0. The lowest BCUT2D eigenvalue weighted by Gasteiger charge is -2.28. The first kappa shape index (κ1) is 15.0. The van der Waals surface area contributed by atoms with E-state index in [1.807, 2.05) is 6.08 Å². The van der Waals surface area contributed by atoms with Crippen molar-refractivity contribution in [1.29, 1.82) is 0 Å². The summed E-state index contributed by atoms with van der Waals surface area (Å²) in [5, 5.41) is 0. The van der Waals surface area contributed by atoms with E-state index in [0.717, 1.165) is 25.0 Å². The molecule has 0 heterocycles. The van der Waals surface area contributed by atoms with Gasteiger partial charge in [0.15, 0.2) is 0 Å². The number of rotatable bonds is 7. The summed E-state index contributed by atoms with van der Waals surface area (Å²) in [4.78, 5) is 4.41. The standard InChI is InChI=1S/C14H22BN/c1-6-9-13(16-11-12(4)15)14(5,8-3)10-7-2/h6,9,11H,1,4,7-8,10H2,2-3,5H3/b13-9-,16-11?. The Morgan fingerprint density at radius 3 is 2.44 bits per heavy atom. The summed E-state index contributed by atoms with van der Waals surface area (Å²) in [6.45, 7) is 13.9. The van der Waals surface area contributed by atoms with Gasteiger partial charge < -0.3 is 0 Å². The predicted molar refractivity (Wildman–Crippen MR) is 75.0 cm³/mol. The minimum atomic E-state index is 0.0922. The largest absolute Gasteiger partial charge is 0.261 e. The van der Waals surface area contributed by atoms with Crippen LogP contribution in [0.5, 0.6) is 0 Å². The molecule has 0 aromatic rings. The van der Waals surface area contributed by atoms with Gasteiger partial charge in [0.05, 0.1) is 0 Å². The molecule has 0 fully saturated rings. The number of nitrogens with zero attached hydrogens (tertiary/aromatic N) is 1. The van der Waals surface area contributed by atoms with Crippen LogP contribution in [0.4, 0.5) is 0 Å². The van der Waals surface area contributed by atoms with Crippen LogP contribution in [0, 0.1) is 5.41 Å². The molecule has 1 nitrogen and oxygen atoms in total. The summed E-state index contributed by atoms with van der Waals surface area (Å²) in [7, 11) is 5.50. The summed E-state index contributed by atoms with van der Waals surface area (Å²) < 4.78 is 0. The molecule has 0 rings (SSSR count). The molecule has 2 radical (unpaired) electrons. The van der Waals surface area contributed by atoms with Crippen molar-refractivity contribution >= 4 is 14.1 Å². The third-order valence-corrected chi connectivity index (χ3v) is 2.85. The molecular formula is C14H22BN. The zero-order valence-electron chi connectivity index (χ0n) is 10.8. The van der Waals surface area contributed by atoms with Crippen molar-refractivity contribution in [3.8, 4) is 0 Å². The second kappa shape index (κ2) is 7.26. The van der Waals surface area contributed by atoms with Gasteiger partial charge in [0.1, 0.15) is 7.85 Å². The van der Waals surface area contributed by atoms with Crippen molar-refractivity contribution in [2.24, 2.45) is 10.4 Å². The molecule has 0 aliphatic rings. The number of hydrogen-bond donors (Lipinski definition) is 0. The van der Waals surface area contributed by atoms with E-state index in [2.05, 4.69) is 38.9 Å². The van der Waals surface area contributed by atoms with Crippen LogP contribution in [0.15, 0.2) is 41.5 Å². The van der Waals surface area contributed by atoms with E-state index in [1.54, 1.807) is 12.3 Å². The average Bonchev–Trinajstić information content (AvgIpc) is 2.24. The normalized spacial score (nSPS) is 16.1. The SMILES string of the molecule is [B]C(=C)C=N/C(=C\C=C)C(C)(CC)CCC. The fraction of sp³-hybridized carbons (Fsp3) is 0.500. The van der Waals surface area contributed by atoms with Crippen LogP contribution in [-0.2, 0) is 0 Å². The molecular weight excluding hydrogens is 193 g/mol. The van der Waals surface area contributed by atoms with E-state index >= 15 is 0 Å². The van der Waals surface area contributed by atoms with E-state index in [0.29, 0.717) is 5.47 Å². The second-order valence-electron chi connectivity index (χ2n) is 4.28. The highest BCUT2D eigenvalue weighted by molar-refractivity contribution is 6.32. The topological polar surface area (TPSA) is 12.4 Å². The minimum Gasteiger partial charge on any atom is -0.261 e. The van der Waals surface area contributed by atoms with Crippen molar-refractivity contribution in [3.05, 3.63) is 36.5 Å². The van der Waals surface area contributed by atoms with Gasteiger partial charge in [0.25, 0.3) is 0 Å². The van der Waals surface area contributed by atoms with Crippen LogP contribution in [0.1, 0.15) is 40.0 Å². The molecule has 86 valence electrons. The Labute approximate surface area is 101 Å². The molecule has 16 heavy (non-hydrogen) atoms. The Morgan fingerprint density at radius 2 is 2.06 bits per heavy atom. The predicted octanol–water partition coefficient (Wildman–Crippen LogP) is 4.03. The quantitative estimate of drug-likeness (QED) is 0.345. The van der Waals surface area contributed by atoms with Crippen molar-refractivity contribution in [3.63, 3.8) is 0 Å². The Hall–Kier alpha value is -1.05. The van der Waals surface area contributed by atoms with Gasteiger partial charge in [-0.05, 0) is 18.9 Å². The lowest BCUT2D eigenvalue weighted by atomic mass is 9.79. The molecule has 1 unspecified atom stereocenters. The lowest BCUT2D eigenvalue weighted by molar-refractivity contribution is 0.344. The van der Waals surface area contributed by atoms with Crippen molar-refractivity contribution < 1.29 is 0 Å². The van der Waals surface area contributed by atoms with Gasteiger partial charge in [-0.1, -0.05) is 45.3 Å². The van der Waals surface area contributed by atoms with Crippen LogP contribution in [0.25, 0.3) is 0 Å². The maximum Gasteiger partial charge on any atom is 0.115 e. The lowest BCUT2D eigenvalue weighted by Crippen LogP contribution is -2.17. The highest BCUT2D eigenvalue weighted by Crippen LogP contribution is 2.36. The Kier molecular flexibility index (Phi) is 6.79. The molecule has 0 saturated carbocycles. The van der Waals surface area contributed by atoms with E-state index in [4.69, 9.17) is 7.85 Å². The van der Waals surface area contributed by atoms with Gasteiger partial charge in [-0.2, -0.15) is 0 Å². The fourth-order valence-corrected chi connectivity index (χ4v) is 1.70. The van der Waals surface area contributed by atoms with Gasteiger partial charge >= 0.3 is 0 Å². The van der Waals surface area contributed by atoms with Crippen LogP contribution in [0.3, 0.4) is 0 Å². The molecule has 1 atom stereocenters. The van der Waals surface area contributed by atoms with E-state index < -0.39 is 0 Å². The van der Waals surface area contributed by atoms with E-state index in [-0.39, 0.29) is 5.41 Å². The van der Waals surface area contributed by atoms with Gasteiger partial charge in [-0.3, -0.25) is 4.99 Å². The maximum atomic E-state index is 5.50. The summed E-state index contributed by atoms with van der Waals surface area (Å²) in [5.74, 6) is 0. The Balaban J connectivity index is 5.09. The molecule has 0 N–H and O–H groups in total. The fourth-order valence-electron chi connectivity index (χ4n) is 1.70. The summed E-state index contributed by atoms with van der Waals surface area (Å²) in [6.07, 6.45) is 8.64. The summed E-state index contributed by atoms with van der Waals surface area (Å²) in [5.41, 5.74) is 1.60. The molecule has 2 heteroatoms. The number of hydrogen-bond acceptors (Lipinski definition) is 1. The molecule has 0 amide bonds. The van der Waals surface area contributed by atoms with Crippen LogP contribution < -0.4 is 0 Å². The Morgan fingerprint density at radius 1 is 1.44 bits per heavy atom. The molecule has 0 spiro atoms. The first-order chi connectivity index (χ1) is 7.50. The monoisotopic (exact) mass is 215 g/mol. The Bertz CT molecular complexity index is 302. The molecule has 0 aliphatic carbocycles. The smallest absolute Gasteiger partial charge is 0.115 e. The molecule has 0 saturated heterocycles. The van der Waals surface area contributed by atoms with Crippen molar-refractivity contribution in [2.45, 2.75) is 40.0 Å². The first-order valence-electron chi connectivity index (χ1n) is 5.81. The van der Waals surface area contributed by atoms with Crippen LogP contribution >= 0.6 is 0 Å². The third kappa shape index (κ3) is 4.65. The van der Waals surface area contributed by atoms with Crippen LogP contribution in [-0.4, -0.2) is 14.1 Å². The van der Waals surface area contributed by atoms with Crippen LogP contribution in [0.2, 0.25) is 0 Å². The molecule has 0 aromatic heterocycles. The van der Waals surface area contributed by atoms with Gasteiger partial charge in [0, 0.05) is 17.3 Å². The zero-order chi connectivity index (χ0) is 12.6. The zero-order valence-corrected chi connectivity index (χ0v) is 10.8. The number of allylic oxidation sites excluding steroid dienone is 4. The molecule has 0 bridgehead atoms.